The molecule has 0 saturated heterocycles. The first-order valence-electron chi connectivity index (χ1n) is 4.07. The molecule has 0 aliphatic rings. The third-order valence-electron chi connectivity index (χ3n) is 1.65. The minimum atomic E-state index is -0.163. The maximum atomic E-state index is 11.3. The highest BCUT2D eigenvalue weighted by Gasteiger charge is 2.11. The third kappa shape index (κ3) is 2.78. The average molecular weight is 199 g/mol. The van der Waals surface area contributed by atoms with Crippen LogP contribution in [0.15, 0.2) is 6.20 Å². The molecule has 1 aromatic heterocycles. The van der Waals surface area contributed by atoms with Crippen LogP contribution in [-0.2, 0) is 4.79 Å². The summed E-state index contributed by atoms with van der Waals surface area (Å²) in [6.45, 7) is 4.09. The summed E-state index contributed by atoms with van der Waals surface area (Å²) in [5.74, 6) is -0.235. The van der Waals surface area contributed by atoms with Gasteiger partial charge in [-0.3, -0.25) is 4.79 Å². The van der Waals surface area contributed by atoms with Gasteiger partial charge in [0.05, 0.1) is 0 Å². The van der Waals surface area contributed by atoms with Crippen LogP contribution in [0.1, 0.15) is 11.8 Å². The topological polar surface area (TPSA) is 68.0 Å². The number of carbonyl (C=O) groups is 1. The summed E-state index contributed by atoms with van der Waals surface area (Å²) in [6, 6.07) is 0. The van der Waals surface area contributed by atoms with Gasteiger partial charge >= 0.3 is 0 Å². The molecule has 0 saturated carbocycles. The van der Waals surface area contributed by atoms with Crippen molar-refractivity contribution in [2.24, 2.45) is 11.7 Å². The van der Waals surface area contributed by atoms with E-state index >= 15 is 0 Å². The zero-order chi connectivity index (χ0) is 9.84. The molecule has 1 rings (SSSR count). The Hall–Kier alpha value is -0.940. The normalized spacial score (nSPS) is 12.5. The number of carbonyl (C=O) groups excluding carboxylic acids is 1. The monoisotopic (exact) mass is 199 g/mol. The Bertz CT molecular complexity index is 297. The summed E-state index contributed by atoms with van der Waals surface area (Å²) in [6.07, 6.45) is 1.73. The van der Waals surface area contributed by atoms with E-state index in [0.29, 0.717) is 11.7 Å². The minimum absolute atomic E-state index is 0.0724. The lowest BCUT2D eigenvalue weighted by Gasteiger charge is -2.06. The van der Waals surface area contributed by atoms with E-state index in [1.807, 2.05) is 6.92 Å². The van der Waals surface area contributed by atoms with Gasteiger partial charge in [0.2, 0.25) is 5.91 Å². The highest BCUT2D eigenvalue weighted by Crippen LogP contribution is 2.16. The van der Waals surface area contributed by atoms with E-state index in [0.717, 1.165) is 4.88 Å². The van der Waals surface area contributed by atoms with Crippen LogP contribution in [0.4, 0.5) is 5.13 Å². The number of hydrogen-bond donors (Lipinski definition) is 2. The van der Waals surface area contributed by atoms with Gasteiger partial charge in [-0.2, -0.15) is 0 Å². The van der Waals surface area contributed by atoms with Gasteiger partial charge < -0.3 is 11.1 Å². The maximum absolute atomic E-state index is 11.3. The number of aromatic nitrogens is 1. The second kappa shape index (κ2) is 4.34. The lowest BCUT2D eigenvalue weighted by Crippen LogP contribution is -2.26. The lowest BCUT2D eigenvalue weighted by atomic mass is 10.2. The molecule has 72 valence electrons. The molecule has 0 radical (unpaired) electrons. The third-order valence-corrected chi connectivity index (χ3v) is 2.48. The van der Waals surface area contributed by atoms with Crippen LogP contribution in [0.25, 0.3) is 0 Å². The van der Waals surface area contributed by atoms with Crippen molar-refractivity contribution in [3.63, 3.8) is 0 Å². The summed E-state index contributed by atoms with van der Waals surface area (Å²) in [5, 5.41) is 3.34. The number of nitrogens with two attached hydrogens (primary N) is 1. The average Bonchev–Trinajstić information content (AvgIpc) is 2.49. The van der Waals surface area contributed by atoms with Crippen molar-refractivity contribution in [3.8, 4) is 0 Å². The van der Waals surface area contributed by atoms with Crippen molar-refractivity contribution in [2.45, 2.75) is 13.8 Å². The molecule has 4 nitrogen and oxygen atoms in total. The molecule has 3 N–H and O–H groups in total. The molecule has 1 heterocycles. The minimum Gasteiger partial charge on any atom is -0.330 e. The lowest BCUT2D eigenvalue weighted by molar-refractivity contribution is -0.119. The molecule has 0 aromatic carbocycles. The highest BCUT2D eigenvalue weighted by molar-refractivity contribution is 7.15. The van der Waals surface area contributed by atoms with Gasteiger partial charge in [0.25, 0.3) is 0 Å². The number of nitrogens with zero attached hydrogens (tertiary/aromatic N) is 1. The Balaban J connectivity index is 2.54. The molecular weight excluding hydrogens is 186 g/mol. The van der Waals surface area contributed by atoms with E-state index in [2.05, 4.69) is 10.3 Å². The molecule has 1 unspecified atom stereocenters. The predicted molar refractivity (Wildman–Crippen MR) is 53.7 cm³/mol. The summed E-state index contributed by atoms with van der Waals surface area (Å²) >= 11 is 1.46. The first-order valence-corrected chi connectivity index (χ1v) is 4.88. The van der Waals surface area contributed by atoms with Crippen LogP contribution >= 0.6 is 11.3 Å². The largest absolute Gasteiger partial charge is 0.330 e. The van der Waals surface area contributed by atoms with Gasteiger partial charge in [-0.25, -0.2) is 4.98 Å². The fourth-order valence-corrected chi connectivity index (χ4v) is 1.42. The number of rotatable bonds is 3. The van der Waals surface area contributed by atoms with Crippen molar-refractivity contribution in [1.82, 2.24) is 4.98 Å². The zero-order valence-electron chi connectivity index (χ0n) is 7.70. The fourth-order valence-electron chi connectivity index (χ4n) is 0.748. The van der Waals surface area contributed by atoms with Gasteiger partial charge in [-0.05, 0) is 6.92 Å². The van der Waals surface area contributed by atoms with Crippen LogP contribution in [-0.4, -0.2) is 17.4 Å². The van der Waals surface area contributed by atoms with Crippen LogP contribution in [0.5, 0.6) is 0 Å². The Morgan fingerprint density at radius 2 is 2.54 bits per heavy atom. The van der Waals surface area contributed by atoms with Crippen LogP contribution in [0.2, 0.25) is 0 Å². The Morgan fingerprint density at radius 3 is 3.00 bits per heavy atom. The molecular formula is C8H13N3OS. The molecule has 1 atom stereocenters. The Labute approximate surface area is 81.2 Å². The number of hydrogen-bond acceptors (Lipinski definition) is 4. The molecule has 0 spiro atoms. The van der Waals surface area contributed by atoms with Crippen molar-refractivity contribution in [1.29, 1.82) is 0 Å². The van der Waals surface area contributed by atoms with Crippen LogP contribution in [0, 0.1) is 12.8 Å². The van der Waals surface area contributed by atoms with E-state index < -0.39 is 0 Å². The van der Waals surface area contributed by atoms with E-state index in [4.69, 9.17) is 5.73 Å². The van der Waals surface area contributed by atoms with E-state index in [1.165, 1.54) is 11.3 Å². The summed E-state index contributed by atoms with van der Waals surface area (Å²) in [5.41, 5.74) is 5.35. The Morgan fingerprint density at radius 1 is 1.85 bits per heavy atom. The quantitative estimate of drug-likeness (QED) is 0.762. The van der Waals surface area contributed by atoms with Gasteiger partial charge in [0, 0.05) is 23.5 Å². The maximum Gasteiger partial charge on any atom is 0.230 e. The molecule has 0 fully saturated rings. The van der Waals surface area contributed by atoms with Gasteiger partial charge in [0.15, 0.2) is 5.13 Å². The molecule has 1 aromatic rings. The summed E-state index contributed by atoms with van der Waals surface area (Å²) in [4.78, 5) is 16.4. The highest BCUT2D eigenvalue weighted by atomic mass is 32.1. The molecule has 1 amide bonds. The standard InChI is InChI=1S/C8H13N3OS/c1-5(3-9)7(12)11-8-10-4-6(2)13-8/h4-5H,3,9H2,1-2H3,(H,10,11,12). The summed E-state index contributed by atoms with van der Waals surface area (Å²) in [7, 11) is 0. The second-order valence-electron chi connectivity index (χ2n) is 2.90. The zero-order valence-corrected chi connectivity index (χ0v) is 8.52. The second-order valence-corrected chi connectivity index (χ2v) is 4.14. The Kier molecular flexibility index (Phi) is 3.39. The van der Waals surface area contributed by atoms with Gasteiger partial charge in [0.1, 0.15) is 0 Å². The molecule has 13 heavy (non-hydrogen) atoms. The number of aryl methyl sites for hydroxylation is 1. The number of thiazole rings is 1. The molecule has 0 aliphatic heterocycles. The van der Waals surface area contributed by atoms with E-state index in [9.17, 15) is 4.79 Å². The first kappa shape index (κ1) is 10.1. The number of nitrogens with one attached hydrogen (secondary N) is 1. The van der Waals surface area contributed by atoms with Gasteiger partial charge in [-0.1, -0.05) is 6.92 Å². The van der Waals surface area contributed by atoms with E-state index in [-0.39, 0.29) is 11.8 Å². The van der Waals surface area contributed by atoms with Crippen molar-refractivity contribution in [3.05, 3.63) is 11.1 Å². The SMILES string of the molecule is Cc1cnc(NC(=O)C(C)CN)s1. The van der Waals surface area contributed by atoms with Crippen LogP contribution in [0.3, 0.4) is 0 Å². The summed E-state index contributed by atoms with van der Waals surface area (Å²) < 4.78 is 0. The fraction of sp³-hybridized carbons (Fsp3) is 0.500. The smallest absolute Gasteiger partial charge is 0.230 e. The molecule has 0 bridgehead atoms. The molecule has 5 heteroatoms. The van der Waals surface area contributed by atoms with E-state index in [1.54, 1.807) is 13.1 Å². The van der Waals surface area contributed by atoms with Crippen molar-refractivity contribution < 1.29 is 4.79 Å². The predicted octanol–water partition coefficient (Wildman–Crippen LogP) is 0.985. The first-order chi connectivity index (χ1) is 6.13. The van der Waals surface area contributed by atoms with Crippen molar-refractivity contribution >= 4 is 22.4 Å². The van der Waals surface area contributed by atoms with Crippen LogP contribution < -0.4 is 11.1 Å². The van der Waals surface area contributed by atoms with Crippen molar-refractivity contribution in [2.75, 3.05) is 11.9 Å². The molecule has 0 aliphatic carbocycles. The van der Waals surface area contributed by atoms with Gasteiger partial charge in [-0.15, -0.1) is 11.3 Å². The number of anilines is 1. The number of amides is 1.